The molecule has 1 unspecified atom stereocenters. The maximum Gasteiger partial charge on any atom is 0.269 e. The van der Waals surface area contributed by atoms with Crippen LogP contribution in [0, 0.1) is 11.3 Å². The van der Waals surface area contributed by atoms with Crippen molar-refractivity contribution in [2.75, 3.05) is 11.1 Å². The van der Waals surface area contributed by atoms with Crippen molar-refractivity contribution in [2.24, 2.45) is 11.3 Å². The summed E-state index contributed by atoms with van der Waals surface area (Å²) in [7, 11) is 0. The van der Waals surface area contributed by atoms with Gasteiger partial charge in [0.1, 0.15) is 15.5 Å². The molecule has 146 valence electrons. The number of rotatable bonds is 2. The molecule has 0 bridgehead atoms. The summed E-state index contributed by atoms with van der Waals surface area (Å²) >= 11 is 4.69. The van der Waals surface area contributed by atoms with Crippen molar-refractivity contribution in [2.45, 2.75) is 40.0 Å². The predicted octanol–water partition coefficient (Wildman–Crippen LogP) is 5.44. The number of thiophene rings is 1. The lowest BCUT2D eigenvalue weighted by Crippen LogP contribution is -2.27. The number of aromatic nitrogens is 2. The first-order valence-electron chi connectivity index (χ1n) is 9.36. The van der Waals surface area contributed by atoms with Crippen LogP contribution in [0.3, 0.4) is 0 Å². The fourth-order valence-corrected chi connectivity index (χ4v) is 4.95. The fraction of sp³-hybridized carbons (Fsp3) is 0.381. The Kier molecular flexibility index (Phi) is 4.91. The molecule has 3 heterocycles. The highest BCUT2D eigenvalue weighted by atomic mass is 79.9. The van der Waals surface area contributed by atoms with Crippen LogP contribution in [0.25, 0.3) is 10.2 Å². The van der Waals surface area contributed by atoms with E-state index in [1.807, 2.05) is 6.07 Å². The molecule has 1 amide bonds. The number of nitrogens with zero attached hydrogens (tertiary/aromatic N) is 2. The Morgan fingerprint density at radius 3 is 2.82 bits per heavy atom. The van der Waals surface area contributed by atoms with Crippen LogP contribution in [0.15, 0.2) is 28.9 Å². The molecule has 3 aromatic rings. The standard InChI is InChI=1S/C21H23BrN4OS/c1-21(2,3)12-4-6-15-11(8-12)9-14-17(23)18(28-20(14)25-15)19(27)26-16-7-5-13(22)10-24-16/h5,7,9-10,12H,4,6,8,23H2,1-3H3,(H,24,26,27). The van der Waals surface area contributed by atoms with Gasteiger partial charge < -0.3 is 11.1 Å². The maximum atomic E-state index is 12.7. The van der Waals surface area contributed by atoms with E-state index in [2.05, 4.69) is 53.1 Å². The maximum absolute atomic E-state index is 12.7. The molecule has 5 nitrogen and oxygen atoms in total. The summed E-state index contributed by atoms with van der Waals surface area (Å²) in [6, 6.07) is 5.73. The number of pyridine rings is 2. The van der Waals surface area contributed by atoms with E-state index in [1.165, 1.54) is 16.9 Å². The first-order valence-corrected chi connectivity index (χ1v) is 11.0. The average Bonchev–Trinajstić information content (AvgIpc) is 2.96. The van der Waals surface area contributed by atoms with Crippen LogP contribution < -0.4 is 11.1 Å². The summed E-state index contributed by atoms with van der Waals surface area (Å²) in [5.41, 5.74) is 9.55. The van der Waals surface area contributed by atoms with Gasteiger partial charge in [0.25, 0.3) is 5.91 Å². The Morgan fingerprint density at radius 1 is 1.36 bits per heavy atom. The molecule has 0 spiro atoms. The molecule has 0 saturated carbocycles. The summed E-state index contributed by atoms with van der Waals surface area (Å²) in [6.45, 7) is 6.89. The van der Waals surface area contributed by atoms with Crippen molar-refractivity contribution in [3.63, 3.8) is 0 Å². The number of carbonyl (C=O) groups excluding carboxylic acids is 1. The lowest BCUT2D eigenvalue weighted by Gasteiger charge is -2.34. The fourth-order valence-electron chi connectivity index (χ4n) is 3.72. The summed E-state index contributed by atoms with van der Waals surface area (Å²) in [5.74, 6) is 0.872. The molecular weight excluding hydrogens is 436 g/mol. The summed E-state index contributed by atoms with van der Waals surface area (Å²) < 4.78 is 0.857. The second-order valence-electron chi connectivity index (χ2n) is 8.41. The highest BCUT2D eigenvalue weighted by Gasteiger charge is 2.30. The minimum absolute atomic E-state index is 0.249. The van der Waals surface area contributed by atoms with Gasteiger partial charge in [-0.1, -0.05) is 20.8 Å². The number of nitrogen functional groups attached to an aromatic ring is 1. The molecule has 0 saturated heterocycles. The van der Waals surface area contributed by atoms with Crippen molar-refractivity contribution in [3.8, 4) is 0 Å². The van der Waals surface area contributed by atoms with Crippen LogP contribution in [0.4, 0.5) is 11.5 Å². The van der Waals surface area contributed by atoms with Crippen molar-refractivity contribution in [1.82, 2.24) is 9.97 Å². The highest BCUT2D eigenvalue weighted by molar-refractivity contribution is 9.10. The van der Waals surface area contributed by atoms with E-state index in [0.717, 1.165) is 39.6 Å². The van der Waals surface area contributed by atoms with E-state index in [9.17, 15) is 4.79 Å². The Morgan fingerprint density at radius 2 is 2.14 bits per heavy atom. The lowest BCUT2D eigenvalue weighted by atomic mass is 9.71. The zero-order valence-electron chi connectivity index (χ0n) is 16.2. The Hall–Kier alpha value is -1.99. The number of fused-ring (bicyclic) bond motifs is 2. The van der Waals surface area contributed by atoms with Gasteiger partial charge in [0.2, 0.25) is 0 Å². The van der Waals surface area contributed by atoms with E-state index >= 15 is 0 Å². The molecule has 0 radical (unpaired) electrons. The first kappa shape index (κ1) is 19.3. The van der Waals surface area contributed by atoms with Gasteiger partial charge in [0.05, 0.1) is 5.69 Å². The van der Waals surface area contributed by atoms with E-state index in [-0.39, 0.29) is 11.3 Å². The Balaban J connectivity index is 1.65. The van der Waals surface area contributed by atoms with Crippen LogP contribution in [0.5, 0.6) is 0 Å². The van der Waals surface area contributed by atoms with Gasteiger partial charge in [-0.05, 0) is 70.3 Å². The van der Waals surface area contributed by atoms with E-state index in [0.29, 0.717) is 22.3 Å². The Bertz CT molecular complexity index is 1050. The third-order valence-corrected chi connectivity index (χ3v) is 7.07. The Labute approximate surface area is 176 Å². The van der Waals surface area contributed by atoms with E-state index in [4.69, 9.17) is 10.7 Å². The number of nitrogens with two attached hydrogens (primary N) is 1. The molecule has 1 aliphatic rings. The molecule has 1 atom stereocenters. The van der Waals surface area contributed by atoms with Crippen LogP contribution in [0.1, 0.15) is 48.1 Å². The van der Waals surface area contributed by atoms with Crippen molar-refractivity contribution < 1.29 is 4.79 Å². The molecule has 7 heteroatoms. The molecule has 0 fully saturated rings. The van der Waals surface area contributed by atoms with Crippen LogP contribution in [-0.4, -0.2) is 15.9 Å². The third-order valence-electron chi connectivity index (χ3n) is 5.49. The predicted molar refractivity (Wildman–Crippen MR) is 119 cm³/mol. The number of hydrogen-bond acceptors (Lipinski definition) is 5. The minimum atomic E-state index is -0.249. The van der Waals surface area contributed by atoms with E-state index < -0.39 is 0 Å². The summed E-state index contributed by atoms with van der Waals surface area (Å²) in [4.78, 5) is 23.1. The number of amides is 1. The van der Waals surface area contributed by atoms with Crippen LogP contribution in [0.2, 0.25) is 0 Å². The number of aryl methyl sites for hydroxylation is 1. The van der Waals surface area contributed by atoms with Gasteiger partial charge in [0.15, 0.2) is 0 Å². The smallest absolute Gasteiger partial charge is 0.269 e. The third kappa shape index (κ3) is 3.65. The van der Waals surface area contributed by atoms with Gasteiger partial charge in [0, 0.05) is 21.7 Å². The van der Waals surface area contributed by atoms with Crippen LogP contribution >= 0.6 is 27.3 Å². The molecule has 3 aromatic heterocycles. The quantitative estimate of drug-likeness (QED) is 0.535. The SMILES string of the molecule is CC(C)(C)C1CCc2nc3sc(C(=O)Nc4ccc(Br)cn4)c(N)c3cc2C1. The highest BCUT2D eigenvalue weighted by Crippen LogP contribution is 2.40. The molecule has 0 aromatic carbocycles. The zero-order chi connectivity index (χ0) is 20.1. The monoisotopic (exact) mass is 458 g/mol. The largest absolute Gasteiger partial charge is 0.397 e. The topological polar surface area (TPSA) is 80.9 Å². The molecule has 4 rings (SSSR count). The van der Waals surface area contributed by atoms with Gasteiger partial charge in [-0.2, -0.15) is 0 Å². The summed E-state index contributed by atoms with van der Waals surface area (Å²) in [6.07, 6.45) is 4.79. The number of halogens is 1. The average molecular weight is 459 g/mol. The lowest BCUT2D eigenvalue weighted by molar-refractivity contribution is 0.103. The first-order chi connectivity index (χ1) is 13.2. The normalized spacial score (nSPS) is 16.8. The van der Waals surface area contributed by atoms with Crippen molar-refractivity contribution in [3.05, 3.63) is 45.0 Å². The molecule has 28 heavy (non-hydrogen) atoms. The molecular formula is C21H23BrN4OS. The zero-order valence-corrected chi connectivity index (χ0v) is 18.6. The number of carbonyl (C=O) groups is 1. The van der Waals surface area contributed by atoms with Crippen molar-refractivity contribution in [1.29, 1.82) is 0 Å². The van der Waals surface area contributed by atoms with E-state index in [1.54, 1.807) is 12.3 Å². The van der Waals surface area contributed by atoms with Gasteiger partial charge in [-0.15, -0.1) is 11.3 Å². The number of anilines is 2. The van der Waals surface area contributed by atoms with Gasteiger partial charge >= 0.3 is 0 Å². The number of nitrogens with one attached hydrogen (secondary N) is 1. The minimum Gasteiger partial charge on any atom is -0.397 e. The molecule has 0 aliphatic heterocycles. The number of hydrogen-bond donors (Lipinski definition) is 2. The van der Waals surface area contributed by atoms with Crippen LogP contribution in [-0.2, 0) is 12.8 Å². The second-order valence-corrected chi connectivity index (χ2v) is 10.3. The molecule has 3 N–H and O–H groups in total. The van der Waals surface area contributed by atoms with Gasteiger partial charge in [-0.3, -0.25) is 4.79 Å². The van der Waals surface area contributed by atoms with Crippen molar-refractivity contribution >= 4 is 54.9 Å². The van der Waals surface area contributed by atoms with Gasteiger partial charge in [-0.25, -0.2) is 9.97 Å². The molecule has 1 aliphatic carbocycles. The second kappa shape index (κ2) is 7.12. The summed E-state index contributed by atoms with van der Waals surface area (Å²) in [5, 5.41) is 3.70.